The van der Waals surface area contributed by atoms with Gasteiger partial charge in [-0.25, -0.2) is 0 Å². The number of carbonyl (C=O) groups is 1. The molecule has 41 heavy (non-hydrogen) atoms. The Labute approximate surface area is 248 Å². The van der Waals surface area contributed by atoms with E-state index in [-0.39, 0.29) is 10.7 Å². The first-order valence-electron chi connectivity index (χ1n) is 12.7. The van der Waals surface area contributed by atoms with Crippen molar-refractivity contribution in [2.75, 3.05) is 5.32 Å². The molecule has 0 aliphatic carbocycles. The van der Waals surface area contributed by atoms with E-state index in [1.807, 2.05) is 46.3 Å². The van der Waals surface area contributed by atoms with Gasteiger partial charge in [0.1, 0.15) is 11.1 Å². The number of amides is 1. The van der Waals surface area contributed by atoms with Gasteiger partial charge >= 0.3 is 6.18 Å². The Morgan fingerprint density at radius 3 is 2.39 bits per heavy atom. The van der Waals surface area contributed by atoms with E-state index in [9.17, 15) is 18.0 Å². The molecule has 5 nitrogen and oxygen atoms in total. The molecule has 0 aliphatic heterocycles. The minimum atomic E-state index is -4.58. The van der Waals surface area contributed by atoms with Crippen LogP contribution in [0.1, 0.15) is 32.6 Å². The maximum Gasteiger partial charge on any atom is 0.416 e. The van der Waals surface area contributed by atoms with E-state index in [0.29, 0.717) is 23.7 Å². The van der Waals surface area contributed by atoms with Crippen molar-refractivity contribution in [2.24, 2.45) is 0 Å². The van der Waals surface area contributed by atoms with Crippen molar-refractivity contribution >= 4 is 46.3 Å². The number of thioether (sulfide) groups is 1. The fourth-order valence-corrected chi connectivity index (χ4v) is 6.17. The summed E-state index contributed by atoms with van der Waals surface area (Å²) in [5.74, 6) is 0.235. The third kappa shape index (κ3) is 7.38. The van der Waals surface area contributed by atoms with Crippen molar-refractivity contribution in [3.8, 4) is 0 Å². The first-order valence-corrected chi connectivity index (χ1v) is 14.8. The second-order valence-electron chi connectivity index (χ2n) is 9.13. The largest absolute Gasteiger partial charge is 0.416 e. The number of alkyl halides is 3. The maximum absolute atomic E-state index is 13.7. The Morgan fingerprint density at radius 1 is 0.976 bits per heavy atom. The SMILES string of the molecule is O=C(Nc1cc(C(F)(F)F)ccc1Cl)C(Sc1nnc(Cc2cccs2)n1CCc1ccccc1)c1ccccc1. The Hall–Kier alpha value is -3.60. The summed E-state index contributed by atoms with van der Waals surface area (Å²) >= 11 is 9.00. The van der Waals surface area contributed by atoms with Gasteiger partial charge in [-0.05, 0) is 47.2 Å². The molecule has 0 saturated carbocycles. The van der Waals surface area contributed by atoms with Gasteiger partial charge in [0.15, 0.2) is 5.16 Å². The van der Waals surface area contributed by atoms with Crippen LogP contribution < -0.4 is 5.32 Å². The summed E-state index contributed by atoms with van der Waals surface area (Å²) < 4.78 is 42.1. The number of hydrogen-bond donors (Lipinski definition) is 1. The van der Waals surface area contributed by atoms with E-state index in [1.165, 1.54) is 11.8 Å². The summed E-state index contributed by atoms with van der Waals surface area (Å²) in [6, 6.07) is 25.9. The fraction of sp³-hybridized carbons (Fsp3) is 0.167. The summed E-state index contributed by atoms with van der Waals surface area (Å²) in [6.07, 6.45) is -3.26. The van der Waals surface area contributed by atoms with Gasteiger partial charge in [0.25, 0.3) is 0 Å². The van der Waals surface area contributed by atoms with Gasteiger partial charge in [0.05, 0.1) is 16.3 Å². The number of hydrogen-bond acceptors (Lipinski definition) is 5. The third-order valence-electron chi connectivity index (χ3n) is 6.29. The number of carbonyl (C=O) groups excluding carboxylic acids is 1. The molecule has 0 spiro atoms. The first kappa shape index (κ1) is 28.9. The van der Waals surface area contributed by atoms with Gasteiger partial charge in [-0.2, -0.15) is 13.2 Å². The zero-order chi connectivity index (χ0) is 28.8. The molecule has 0 bridgehead atoms. The Bertz CT molecular complexity index is 1590. The highest BCUT2D eigenvalue weighted by atomic mass is 35.5. The lowest BCUT2D eigenvalue weighted by Gasteiger charge is -2.19. The van der Waals surface area contributed by atoms with Crippen LogP contribution in [0.2, 0.25) is 5.02 Å². The van der Waals surface area contributed by atoms with Crippen molar-refractivity contribution in [1.29, 1.82) is 0 Å². The quantitative estimate of drug-likeness (QED) is 0.161. The molecule has 210 valence electrons. The number of benzene rings is 3. The molecule has 5 aromatic rings. The van der Waals surface area contributed by atoms with Gasteiger partial charge in [-0.1, -0.05) is 90.1 Å². The van der Waals surface area contributed by atoms with Gasteiger partial charge in [0.2, 0.25) is 5.91 Å². The molecule has 1 atom stereocenters. The second kappa shape index (κ2) is 12.9. The molecule has 1 unspecified atom stereocenters. The maximum atomic E-state index is 13.7. The Balaban J connectivity index is 1.46. The molecule has 3 aromatic carbocycles. The van der Waals surface area contributed by atoms with Gasteiger partial charge in [0, 0.05) is 17.8 Å². The van der Waals surface area contributed by atoms with Crippen LogP contribution in [0.15, 0.2) is 102 Å². The number of anilines is 1. The molecular weight excluding hydrogens is 589 g/mol. The fourth-order valence-electron chi connectivity index (χ4n) is 4.22. The topological polar surface area (TPSA) is 59.8 Å². The predicted octanol–water partition coefficient (Wildman–Crippen LogP) is 8.32. The minimum absolute atomic E-state index is 0.00687. The highest BCUT2D eigenvalue weighted by molar-refractivity contribution is 8.00. The zero-order valence-electron chi connectivity index (χ0n) is 21.5. The summed E-state index contributed by atoms with van der Waals surface area (Å²) in [5.41, 5.74) is 0.795. The normalized spacial score (nSPS) is 12.3. The van der Waals surface area contributed by atoms with Crippen LogP contribution >= 0.6 is 34.7 Å². The smallest absolute Gasteiger partial charge is 0.323 e. The van der Waals surface area contributed by atoms with E-state index in [2.05, 4.69) is 27.6 Å². The second-order valence-corrected chi connectivity index (χ2v) is 11.6. The molecular formula is C30H24ClF3N4OS2. The lowest BCUT2D eigenvalue weighted by molar-refractivity contribution is -0.137. The van der Waals surface area contributed by atoms with Gasteiger partial charge < -0.3 is 9.88 Å². The lowest BCUT2D eigenvalue weighted by Crippen LogP contribution is -2.20. The van der Waals surface area contributed by atoms with E-state index < -0.39 is 22.9 Å². The van der Waals surface area contributed by atoms with Gasteiger partial charge in [-0.3, -0.25) is 4.79 Å². The minimum Gasteiger partial charge on any atom is -0.323 e. The number of rotatable bonds is 10. The molecule has 0 aliphatic rings. The number of thiophene rings is 1. The lowest BCUT2D eigenvalue weighted by atomic mass is 10.1. The standard InChI is InChI=1S/C30H24ClF3N4OS2/c31-24-14-13-22(30(32,33)34)18-25(24)35-28(39)27(21-10-5-2-6-11-21)41-29-37-36-26(19-23-12-7-17-40-23)38(29)16-15-20-8-3-1-4-9-20/h1-14,17-18,27H,15-16,19H2,(H,35,39). The number of aromatic nitrogens is 3. The van der Waals surface area contributed by atoms with E-state index in [4.69, 9.17) is 11.6 Å². The summed E-state index contributed by atoms with van der Waals surface area (Å²) in [6.45, 7) is 0.586. The van der Waals surface area contributed by atoms with E-state index in [0.717, 1.165) is 40.9 Å². The van der Waals surface area contributed by atoms with Crippen molar-refractivity contribution < 1.29 is 18.0 Å². The molecule has 11 heteroatoms. The molecule has 0 fully saturated rings. The van der Waals surface area contributed by atoms with Crippen LogP contribution in [0, 0.1) is 0 Å². The highest BCUT2D eigenvalue weighted by Crippen LogP contribution is 2.38. The molecule has 1 amide bonds. The monoisotopic (exact) mass is 612 g/mol. The van der Waals surface area contributed by atoms with Crippen LogP contribution in [0.25, 0.3) is 0 Å². The molecule has 2 heterocycles. The predicted molar refractivity (Wildman–Crippen MR) is 157 cm³/mol. The number of halogens is 4. The summed E-state index contributed by atoms with van der Waals surface area (Å²) in [7, 11) is 0. The van der Waals surface area contributed by atoms with E-state index >= 15 is 0 Å². The van der Waals surface area contributed by atoms with Crippen LogP contribution in [0.5, 0.6) is 0 Å². The van der Waals surface area contributed by atoms with Crippen LogP contribution in [0.3, 0.4) is 0 Å². The first-order chi connectivity index (χ1) is 19.8. The van der Waals surface area contributed by atoms with Crippen LogP contribution in [-0.4, -0.2) is 20.7 Å². The molecule has 1 N–H and O–H groups in total. The average molecular weight is 613 g/mol. The average Bonchev–Trinajstić information content (AvgIpc) is 3.62. The summed E-state index contributed by atoms with van der Waals surface area (Å²) in [4.78, 5) is 14.8. The van der Waals surface area contributed by atoms with Gasteiger partial charge in [-0.15, -0.1) is 21.5 Å². The highest BCUT2D eigenvalue weighted by Gasteiger charge is 2.32. The van der Waals surface area contributed by atoms with Crippen LogP contribution in [-0.2, 0) is 30.4 Å². The van der Waals surface area contributed by atoms with Crippen molar-refractivity contribution in [2.45, 2.75) is 36.0 Å². The Morgan fingerprint density at radius 2 is 1.71 bits per heavy atom. The number of nitrogens with zero attached hydrogens (tertiary/aromatic N) is 3. The molecule has 5 rings (SSSR count). The molecule has 0 saturated heterocycles. The number of nitrogens with one attached hydrogen (secondary N) is 1. The zero-order valence-corrected chi connectivity index (χ0v) is 23.9. The Kier molecular flexibility index (Phi) is 9.12. The van der Waals surface area contributed by atoms with Crippen LogP contribution in [0.4, 0.5) is 18.9 Å². The number of aryl methyl sites for hydroxylation is 1. The molecule has 0 radical (unpaired) electrons. The third-order valence-corrected chi connectivity index (χ3v) is 8.73. The van der Waals surface area contributed by atoms with Crippen molar-refractivity contribution in [1.82, 2.24) is 14.8 Å². The van der Waals surface area contributed by atoms with Crippen molar-refractivity contribution in [3.63, 3.8) is 0 Å². The molecule has 2 aromatic heterocycles. The van der Waals surface area contributed by atoms with E-state index in [1.54, 1.807) is 35.6 Å². The summed E-state index contributed by atoms with van der Waals surface area (Å²) in [5, 5.41) is 13.2. The van der Waals surface area contributed by atoms with Crippen molar-refractivity contribution in [3.05, 3.63) is 129 Å².